The van der Waals surface area contributed by atoms with E-state index in [1.54, 1.807) is 0 Å². The third-order valence-electron chi connectivity index (χ3n) is 3.05. The zero-order valence-corrected chi connectivity index (χ0v) is 16.1. The summed E-state index contributed by atoms with van der Waals surface area (Å²) in [5.74, 6) is -3.20. The minimum Gasteiger partial charge on any atom is -0.329 e. The summed E-state index contributed by atoms with van der Waals surface area (Å²) in [4.78, 5) is 40.0. The SMILES string of the molecule is CCCC(OC)(OC)OOOC(=O)OC(=O)OOOC(CCC)(OC)OC. The molecule has 0 aliphatic rings. The van der Waals surface area contributed by atoms with Crippen molar-refractivity contribution in [3.63, 3.8) is 0 Å². The standard InChI is InChI=1S/C14H26O13/c1-7-9-13(17-3,18-4)24-26-22-11(15)21-12(16)23-27-25-14(19-5,20-6)10-8-2/h7-10H2,1-6H3. The zero-order valence-electron chi connectivity index (χ0n) is 16.1. The lowest BCUT2D eigenvalue weighted by molar-refractivity contribution is -0.595. The van der Waals surface area contributed by atoms with E-state index >= 15 is 0 Å². The maximum atomic E-state index is 11.3. The van der Waals surface area contributed by atoms with Crippen LogP contribution in [0.1, 0.15) is 39.5 Å². The molecular weight excluding hydrogens is 376 g/mol. The maximum absolute atomic E-state index is 11.3. The summed E-state index contributed by atoms with van der Waals surface area (Å²) in [7, 11) is 5.14. The van der Waals surface area contributed by atoms with Crippen LogP contribution in [-0.4, -0.2) is 52.7 Å². The van der Waals surface area contributed by atoms with E-state index in [1.165, 1.54) is 28.4 Å². The molecule has 0 saturated heterocycles. The van der Waals surface area contributed by atoms with Crippen molar-refractivity contribution in [2.24, 2.45) is 0 Å². The minimum absolute atomic E-state index is 0.254. The zero-order chi connectivity index (χ0) is 20.8. The Hall–Kier alpha value is -1.58. The molecule has 0 spiro atoms. The van der Waals surface area contributed by atoms with Crippen LogP contribution in [0.25, 0.3) is 0 Å². The molecule has 0 N–H and O–H groups in total. The molecule has 0 aromatic rings. The van der Waals surface area contributed by atoms with Crippen molar-refractivity contribution in [3.8, 4) is 0 Å². The first-order valence-electron chi connectivity index (χ1n) is 7.87. The predicted molar refractivity (Wildman–Crippen MR) is 81.7 cm³/mol. The number of carbonyl (C=O) groups is 2. The third kappa shape index (κ3) is 9.25. The average Bonchev–Trinajstić information content (AvgIpc) is 2.66. The second kappa shape index (κ2) is 13.6. The lowest BCUT2D eigenvalue weighted by Crippen LogP contribution is -2.37. The normalized spacial score (nSPS) is 11.9. The first kappa shape index (κ1) is 25.4. The highest BCUT2D eigenvalue weighted by Crippen LogP contribution is 2.21. The van der Waals surface area contributed by atoms with Gasteiger partial charge in [0, 0.05) is 41.3 Å². The quantitative estimate of drug-likeness (QED) is 0.138. The highest BCUT2D eigenvalue weighted by Gasteiger charge is 2.34. The molecule has 160 valence electrons. The number of ether oxygens (including phenoxy) is 5. The van der Waals surface area contributed by atoms with Gasteiger partial charge in [0.15, 0.2) is 0 Å². The third-order valence-corrected chi connectivity index (χ3v) is 3.05. The van der Waals surface area contributed by atoms with Crippen molar-refractivity contribution in [2.75, 3.05) is 28.4 Å². The molecule has 0 rings (SSSR count). The van der Waals surface area contributed by atoms with E-state index in [4.69, 9.17) is 28.7 Å². The average molecular weight is 402 g/mol. The summed E-state index contributed by atoms with van der Waals surface area (Å²) in [5, 5.41) is 8.35. The number of rotatable bonds is 14. The van der Waals surface area contributed by atoms with E-state index in [1.807, 2.05) is 13.8 Å². The molecule has 0 aromatic carbocycles. The van der Waals surface area contributed by atoms with E-state index in [2.05, 4.69) is 24.6 Å². The Kier molecular flexibility index (Phi) is 12.8. The van der Waals surface area contributed by atoms with Crippen LogP contribution < -0.4 is 0 Å². The predicted octanol–water partition coefficient (Wildman–Crippen LogP) is 2.50. The fourth-order valence-electron chi connectivity index (χ4n) is 1.70. The Bertz CT molecular complexity index is 381. The summed E-state index contributed by atoms with van der Waals surface area (Å²) < 4.78 is 23.9. The summed E-state index contributed by atoms with van der Waals surface area (Å²) in [6.07, 6.45) is -1.55. The molecule has 0 unspecified atom stereocenters. The second-order valence-corrected chi connectivity index (χ2v) is 4.75. The number of methoxy groups -OCH3 is 4. The van der Waals surface area contributed by atoms with Crippen LogP contribution in [0.3, 0.4) is 0 Å². The summed E-state index contributed by atoms with van der Waals surface area (Å²) >= 11 is 0. The Morgan fingerprint density at radius 1 is 0.667 bits per heavy atom. The molecule has 0 aliphatic carbocycles. The van der Waals surface area contributed by atoms with Crippen LogP contribution in [0.15, 0.2) is 0 Å². The Labute approximate surface area is 156 Å². The van der Waals surface area contributed by atoms with Gasteiger partial charge in [0.1, 0.15) is 0 Å². The smallest absolute Gasteiger partial charge is 0.329 e. The van der Waals surface area contributed by atoms with Crippen molar-refractivity contribution in [1.29, 1.82) is 0 Å². The minimum atomic E-state index is -1.63. The Balaban J connectivity index is 4.23. The maximum Gasteiger partial charge on any atom is 0.553 e. The second-order valence-electron chi connectivity index (χ2n) is 4.75. The molecule has 0 amide bonds. The van der Waals surface area contributed by atoms with Gasteiger partial charge in [0.05, 0.1) is 0 Å². The van der Waals surface area contributed by atoms with Crippen molar-refractivity contribution in [1.82, 2.24) is 0 Å². The van der Waals surface area contributed by atoms with Crippen molar-refractivity contribution >= 4 is 12.3 Å². The molecular formula is C14H26O13. The van der Waals surface area contributed by atoms with Crippen LogP contribution in [0.4, 0.5) is 9.59 Å². The van der Waals surface area contributed by atoms with Crippen LogP contribution in [-0.2, 0) is 53.3 Å². The van der Waals surface area contributed by atoms with Crippen LogP contribution >= 0.6 is 0 Å². The highest BCUT2D eigenvalue weighted by atomic mass is 17.6. The first-order valence-corrected chi connectivity index (χ1v) is 7.87. The Morgan fingerprint density at radius 3 is 1.26 bits per heavy atom. The summed E-state index contributed by atoms with van der Waals surface area (Å²) in [6.45, 7) is 3.65. The van der Waals surface area contributed by atoms with Gasteiger partial charge in [-0.3, -0.25) is 0 Å². The van der Waals surface area contributed by atoms with Gasteiger partial charge in [0.25, 0.3) is 0 Å². The van der Waals surface area contributed by atoms with E-state index < -0.39 is 24.3 Å². The molecule has 0 saturated carbocycles. The molecule has 0 aromatic heterocycles. The van der Waals surface area contributed by atoms with Gasteiger partial charge >= 0.3 is 24.3 Å². The van der Waals surface area contributed by atoms with E-state index in [0.717, 1.165) is 0 Å². The fourth-order valence-corrected chi connectivity index (χ4v) is 1.70. The van der Waals surface area contributed by atoms with Crippen molar-refractivity contribution in [2.45, 2.75) is 51.5 Å². The molecule has 27 heavy (non-hydrogen) atoms. The van der Waals surface area contributed by atoms with Gasteiger partial charge in [-0.05, 0) is 22.9 Å². The monoisotopic (exact) mass is 402 g/mol. The molecule has 0 heterocycles. The molecule has 0 aliphatic heterocycles. The summed E-state index contributed by atoms with van der Waals surface area (Å²) in [6, 6.07) is 0. The lowest BCUT2D eigenvalue weighted by atomic mass is 10.3. The first-order chi connectivity index (χ1) is 12.9. The summed E-state index contributed by atoms with van der Waals surface area (Å²) in [5.41, 5.74) is 0. The molecule has 13 nitrogen and oxygen atoms in total. The number of carbonyl (C=O) groups excluding carboxylic acids is 2. The van der Waals surface area contributed by atoms with Gasteiger partial charge < -0.3 is 23.7 Å². The van der Waals surface area contributed by atoms with Crippen molar-refractivity contribution < 1.29 is 62.9 Å². The topological polar surface area (TPSA) is 136 Å². The van der Waals surface area contributed by atoms with Gasteiger partial charge in [0.2, 0.25) is 0 Å². The van der Waals surface area contributed by atoms with Gasteiger partial charge in [-0.25, -0.2) is 9.78 Å². The van der Waals surface area contributed by atoms with E-state index in [0.29, 0.717) is 12.8 Å². The molecule has 0 atom stereocenters. The lowest BCUT2D eigenvalue weighted by Gasteiger charge is -2.26. The largest absolute Gasteiger partial charge is 0.553 e. The molecule has 13 heteroatoms. The highest BCUT2D eigenvalue weighted by molar-refractivity contribution is 5.76. The van der Waals surface area contributed by atoms with E-state index in [-0.39, 0.29) is 12.8 Å². The van der Waals surface area contributed by atoms with Gasteiger partial charge in [-0.1, -0.05) is 13.8 Å². The van der Waals surface area contributed by atoms with Crippen LogP contribution in [0.2, 0.25) is 0 Å². The molecule has 0 bridgehead atoms. The van der Waals surface area contributed by atoms with Gasteiger partial charge in [-0.15, -0.1) is 9.78 Å². The molecule has 0 radical (unpaired) electrons. The van der Waals surface area contributed by atoms with Crippen molar-refractivity contribution in [3.05, 3.63) is 0 Å². The van der Waals surface area contributed by atoms with Crippen LogP contribution in [0, 0.1) is 0 Å². The Morgan fingerprint density at radius 2 is 1.00 bits per heavy atom. The van der Waals surface area contributed by atoms with E-state index in [9.17, 15) is 9.59 Å². The van der Waals surface area contributed by atoms with Gasteiger partial charge in [-0.2, -0.15) is 9.59 Å². The fraction of sp³-hybridized carbons (Fsp3) is 0.857. The molecule has 0 fully saturated rings. The van der Waals surface area contributed by atoms with Crippen LogP contribution in [0.5, 0.6) is 0 Å². The number of hydrogen-bond acceptors (Lipinski definition) is 13. The number of hydrogen-bond donors (Lipinski definition) is 0.